The van der Waals surface area contributed by atoms with Crippen LogP contribution >= 0.6 is 0 Å². The van der Waals surface area contributed by atoms with Gasteiger partial charge in [-0.05, 0) is 62.6 Å². The van der Waals surface area contributed by atoms with Gasteiger partial charge >= 0.3 is 0 Å². The van der Waals surface area contributed by atoms with Crippen LogP contribution in [0.5, 0.6) is 11.5 Å². The van der Waals surface area contributed by atoms with Crippen LogP contribution in [0.4, 0.5) is 5.69 Å². The molecular formula is C37H50N2O2. The van der Waals surface area contributed by atoms with Crippen molar-refractivity contribution in [1.29, 1.82) is 0 Å². The Morgan fingerprint density at radius 1 is 0.561 bits per heavy atom. The van der Waals surface area contributed by atoms with E-state index in [1.807, 2.05) is 36.4 Å². The van der Waals surface area contributed by atoms with Gasteiger partial charge in [-0.15, -0.1) is 0 Å². The van der Waals surface area contributed by atoms with Gasteiger partial charge in [-0.2, -0.15) is 0 Å². The number of aromatic hydroxyl groups is 2. The van der Waals surface area contributed by atoms with Crippen LogP contribution in [0.2, 0.25) is 0 Å². The Morgan fingerprint density at radius 2 is 0.976 bits per heavy atom. The third kappa shape index (κ3) is 8.09. The monoisotopic (exact) mass is 554 g/mol. The molecule has 2 N–H and O–H groups in total. The van der Waals surface area contributed by atoms with Gasteiger partial charge in [-0.25, -0.2) is 0 Å². The molecule has 0 atom stereocenters. The minimum Gasteiger partial charge on any atom is -0.507 e. The molecule has 0 aromatic heterocycles. The van der Waals surface area contributed by atoms with Crippen LogP contribution in [-0.4, -0.2) is 22.6 Å². The summed E-state index contributed by atoms with van der Waals surface area (Å²) >= 11 is 0. The summed E-state index contributed by atoms with van der Waals surface area (Å²) < 4.78 is 0. The van der Waals surface area contributed by atoms with Gasteiger partial charge in [0.05, 0.1) is 12.2 Å². The van der Waals surface area contributed by atoms with Crippen LogP contribution < -0.4 is 0 Å². The summed E-state index contributed by atoms with van der Waals surface area (Å²) in [6.45, 7) is 26.3. The molecule has 0 aliphatic carbocycles. The minimum absolute atomic E-state index is 0.0359. The van der Waals surface area contributed by atoms with E-state index in [0.29, 0.717) is 12.3 Å². The van der Waals surface area contributed by atoms with Gasteiger partial charge in [0.15, 0.2) is 0 Å². The molecule has 3 aromatic rings. The Bertz CT molecular complexity index is 1430. The zero-order valence-corrected chi connectivity index (χ0v) is 27.3. The molecule has 0 fully saturated rings. The van der Waals surface area contributed by atoms with Crippen molar-refractivity contribution in [2.24, 2.45) is 9.98 Å². The lowest BCUT2D eigenvalue weighted by Gasteiger charge is -2.27. The first-order valence-corrected chi connectivity index (χ1v) is 14.6. The van der Waals surface area contributed by atoms with E-state index < -0.39 is 0 Å². The van der Waals surface area contributed by atoms with Crippen LogP contribution in [0.3, 0.4) is 0 Å². The molecule has 4 heteroatoms. The molecule has 0 bridgehead atoms. The van der Waals surface area contributed by atoms with Gasteiger partial charge in [-0.3, -0.25) is 9.98 Å². The Kier molecular flexibility index (Phi) is 8.98. The Hall–Kier alpha value is -3.40. The van der Waals surface area contributed by atoms with Crippen LogP contribution in [0.1, 0.15) is 122 Å². The second-order valence-corrected chi connectivity index (χ2v) is 15.3. The number of hydrogen-bond acceptors (Lipinski definition) is 4. The van der Waals surface area contributed by atoms with Gasteiger partial charge in [0, 0.05) is 34.7 Å². The van der Waals surface area contributed by atoms with Crippen LogP contribution in [0.25, 0.3) is 0 Å². The highest BCUT2D eigenvalue weighted by Crippen LogP contribution is 2.38. The summed E-state index contributed by atoms with van der Waals surface area (Å²) in [6, 6.07) is 16.3. The van der Waals surface area contributed by atoms with Gasteiger partial charge in [0.2, 0.25) is 0 Å². The maximum Gasteiger partial charge on any atom is 0.128 e. The zero-order valence-electron chi connectivity index (χ0n) is 27.3. The van der Waals surface area contributed by atoms with E-state index in [9.17, 15) is 10.2 Å². The maximum atomic E-state index is 11.0. The highest BCUT2D eigenvalue weighted by molar-refractivity contribution is 5.87. The SMILES string of the molecule is CC(C)(C)c1cc(C=NCc2ccc(N=Cc3cc(C(C)(C)C)cc(C(C)(C)C)c3O)cc2)c(O)c(C(C)(C)C)c1. The van der Waals surface area contributed by atoms with Gasteiger partial charge in [0.25, 0.3) is 0 Å². The molecule has 3 rings (SSSR count). The van der Waals surface area contributed by atoms with E-state index in [0.717, 1.165) is 33.5 Å². The standard InChI is InChI=1S/C37H50N2O2/c1-34(2,3)27-17-25(32(40)30(19-27)36(7,8)9)22-38-21-24-13-15-29(16-14-24)39-23-26-18-28(35(4,5)6)20-31(33(26)41)37(10,11)12/h13-20,22-23,40-41H,21H2,1-12H3. The number of nitrogens with zero attached hydrogens (tertiary/aromatic N) is 2. The summed E-state index contributed by atoms with van der Waals surface area (Å²) in [5.74, 6) is 0.584. The average Bonchev–Trinajstić information content (AvgIpc) is 2.82. The third-order valence-corrected chi connectivity index (χ3v) is 7.42. The molecule has 0 saturated carbocycles. The number of aliphatic imine (C=N–C) groups is 2. The second-order valence-electron chi connectivity index (χ2n) is 15.3. The molecule has 0 radical (unpaired) electrons. The zero-order chi connectivity index (χ0) is 31.0. The number of rotatable bonds is 5. The fourth-order valence-corrected chi connectivity index (χ4v) is 4.60. The van der Waals surface area contributed by atoms with E-state index in [-0.39, 0.29) is 27.4 Å². The summed E-state index contributed by atoms with van der Waals surface area (Å²) in [5.41, 5.74) is 7.09. The number of hydrogen-bond donors (Lipinski definition) is 2. The molecule has 3 aromatic carbocycles. The molecule has 0 amide bonds. The number of benzene rings is 3. The van der Waals surface area contributed by atoms with Crippen molar-refractivity contribution in [3.8, 4) is 11.5 Å². The van der Waals surface area contributed by atoms with E-state index in [4.69, 9.17) is 0 Å². The molecule has 0 spiro atoms. The largest absolute Gasteiger partial charge is 0.507 e. The van der Waals surface area contributed by atoms with E-state index in [1.165, 1.54) is 11.1 Å². The van der Waals surface area contributed by atoms with E-state index in [2.05, 4.69) is 105 Å². The molecule has 41 heavy (non-hydrogen) atoms. The first kappa shape index (κ1) is 32.1. The van der Waals surface area contributed by atoms with Crippen LogP contribution in [0.15, 0.2) is 58.5 Å². The van der Waals surface area contributed by atoms with Crippen molar-refractivity contribution < 1.29 is 10.2 Å². The summed E-state index contributed by atoms with van der Waals surface area (Å²) in [4.78, 5) is 9.34. The fraction of sp³-hybridized carbons (Fsp3) is 0.459. The Labute approximate surface area is 248 Å². The summed E-state index contributed by atoms with van der Waals surface area (Å²) in [7, 11) is 0. The lowest BCUT2D eigenvalue weighted by Crippen LogP contribution is -2.17. The van der Waals surface area contributed by atoms with Crippen molar-refractivity contribution in [3.05, 3.63) is 87.5 Å². The minimum atomic E-state index is -0.185. The Morgan fingerprint density at radius 3 is 1.37 bits per heavy atom. The molecule has 0 aliphatic rings. The molecule has 0 saturated heterocycles. The Balaban J connectivity index is 1.83. The van der Waals surface area contributed by atoms with Crippen molar-refractivity contribution >= 4 is 18.1 Å². The highest BCUT2D eigenvalue weighted by Gasteiger charge is 2.25. The quantitative estimate of drug-likeness (QED) is 0.308. The average molecular weight is 555 g/mol. The van der Waals surface area contributed by atoms with Crippen molar-refractivity contribution in [3.63, 3.8) is 0 Å². The molecule has 0 aliphatic heterocycles. The number of phenols is 2. The van der Waals surface area contributed by atoms with Crippen molar-refractivity contribution in [1.82, 2.24) is 0 Å². The molecule has 4 nitrogen and oxygen atoms in total. The maximum absolute atomic E-state index is 11.0. The lowest BCUT2D eigenvalue weighted by atomic mass is 9.79. The first-order chi connectivity index (χ1) is 18.7. The molecule has 0 heterocycles. The second kappa shape index (κ2) is 11.5. The topological polar surface area (TPSA) is 65.2 Å². The number of phenolic OH excluding ortho intramolecular Hbond substituents is 2. The fourth-order valence-electron chi connectivity index (χ4n) is 4.60. The van der Waals surface area contributed by atoms with Crippen molar-refractivity contribution in [2.45, 2.75) is 111 Å². The summed E-state index contributed by atoms with van der Waals surface area (Å²) in [6.07, 6.45) is 3.54. The van der Waals surface area contributed by atoms with E-state index >= 15 is 0 Å². The van der Waals surface area contributed by atoms with Gasteiger partial charge in [0.1, 0.15) is 11.5 Å². The predicted octanol–water partition coefficient (Wildman–Crippen LogP) is 9.66. The first-order valence-electron chi connectivity index (χ1n) is 14.6. The van der Waals surface area contributed by atoms with E-state index in [1.54, 1.807) is 12.4 Å². The van der Waals surface area contributed by atoms with Gasteiger partial charge in [-0.1, -0.05) is 107 Å². The predicted molar refractivity (Wildman–Crippen MR) is 176 cm³/mol. The lowest BCUT2D eigenvalue weighted by molar-refractivity contribution is 0.443. The highest BCUT2D eigenvalue weighted by atomic mass is 16.3. The molecule has 220 valence electrons. The van der Waals surface area contributed by atoms with Gasteiger partial charge < -0.3 is 10.2 Å². The smallest absolute Gasteiger partial charge is 0.128 e. The van der Waals surface area contributed by atoms with Crippen LogP contribution in [-0.2, 0) is 28.2 Å². The van der Waals surface area contributed by atoms with Crippen LogP contribution in [0, 0.1) is 0 Å². The normalized spacial score (nSPS) is 13.5. The third-order valence-electron chi connectivity index (χ3n) is 7.42. The molecule has 0 unspecified atom stereocenters. The summed E-state index contributed by atoms with van der Waals surface area (Å²) in [5, 5.41) is 22.1. The molecular weight excluding hydrogens is 504 g/mol. The van der Waals surface area contributed by atoms with Crippen molar-refractivity contribution in [2.75, 3.05) is 0 Å².